The molecule has 4 saturated carbocycles. The van der Waals surface area contributed by atoms with Crippen LogP contribution in [0.5, 0.6) is 0 Å². The zero-order valence-corrected chi connectivity index (χ0v) is 19.7. The van der Waals surface area contributed by atoms with Crippen LogP contribution in [0.4, 0.5) is 0 Å². The fourth-order valence-corrected chi connectivity index (χ4v) is 9.19. The number of nitrogens with one attached hydrogen (secondary N) is 1. The van der Waals surface area contributed by atoms with E-state index in [0.29, 0.717) is 16.9 Å². The van der Waals surface area contributed by atoms with Crippen molar-refractivity contribution in [1.82, 2.24) is 4.84 Å². The molecule has 3 heteroatoms. The number of fused-ring (bicyclic) bond motifs is 5. The Morgan fingerprint density at radius 1 is 0.963 bits per heavy atom. The van der Waals surface area contributed by atoms with Gasteiger partial charge in [0, 0.05) is 6.04 Å². The summed E-state index contributed by atoms with van der Waals surface area (Å²) in [6.07, 6.45) is 15.9. The van der Waals surface area contributed by atoms with Gasteiger partial charge in [-0.1, -0.05) is 40.5 Å². The van der Waals surface area contributed by atoms with E-state index in [1.54, 1.807) is 0 Å². The first-order valence-corrected chi connectivity index (χ1v) is 12.2. The van der Waals surface area contributed by atoms with Gasteiger partial charge in [0.15, 0.2) is 0 Å². The van der Waals surface area contributed by atoms with E-state index >= 15 is 0 Å². The average molecular weight is 417 g/mol. The zero-order chi connectivity index (χ0) is 18.5. The molecular formula is C24H43Cl2N. The molecule has 4 fully saturated rings. The molecule has 0 aromatic rings. The lowest BCUT2D eigenvalue weighted by Crippen LogP contribution is -2.54. The molecule has 0 spiro atoms. The molecule has 9 atom stereocenters. The largest absolute Gasteiger partial charge is 0.230 e. The first-order valence-electron chi connectivity index (χ1n) is 11.8. The normalized spacial score (nSPS) is 50.1. The molecule has 0 bridgehead atoms. The highest BCUT2D eigenvalue weighted by Crippen LogP contribution is 2.68. The van der Waals surface area contributed by atoms with Gasteiger partial charge in [0.1, 0.15) is 0 Å². The molecule has 0 amide bonds. The Morgan fingerprint density at radius 2 is 1.67 bits per heavy atom. The second-order valence-corrected chi connectivity index (χ2v) is 11.4. The second kappa shape index (κ2) is 8.35. The van der Waals surface area contributed by atoms with Crippen molar-refractivity contribution in [2.24, 2.45) is 46.3 Å². The second-order valence-electron chi connectivity index (χ2n) is 11.2. The quantitative estimate of drug-likeness (QED) is 0.465. The minimum Gasteiger partial charge on any atom is -0.230 e. The van der Waals surface area contributed by atoms with Crippen LogP contribution in [0.1, 0.15) is 98.3 Å². The fourth-order valence-electron chi connectivity index (χ4n) is 8.99. The molecule has 1 N–H and O–H groups in total. The Bertz CT molecular complexity index is 511. The van der Waals surface area contributed by atoms with Crippen molar-refractivity contribution in [3.8, 4) is 0 Å². The van der Waals surface area contributed by atoms with Gasteiger partial charge in [-0.15, -0.1) is 12.4 Å². The number of hydrogen-bond donors (Lipinski definition) is 1. The lowest BCUT2D eigenvalue weighted by Gasteiger charge is -2.61. The molecule has 158 valence electrons. The van der Waals surface area contributed by atoms with Crippen molar-refractivity contribution in [2.45, 2.75) is 104 Å². The summed E-state index contributed by atoms with van der Waals surface area (Å²) in [6.45, 7) is 10.3. The lowest BCUT2D eigenvalue weighted by molar-refractivity contribution is -0.117. The van der Waals surface area contributed by atoms with Crippen LogP contribution in [0, 0.1) is 46.3 Å². The summed E-state index contributed by atoms with van der Waals surface area (Å²) in [5.41, 5.74) is 1.25. The van der Waals surface area contributed by atoms with Crippen molar-refractivity contribution < 1.29 is 0 Å². The van der Waals surface area contributed by atoms with Gasteiger partial charge in [0.05, 0.1) is 0 Å². The van der Waals surface area contributed by atoms with Crippen LogP contribution in [-0.4, -0.2) is 6.04 Å². The van der Waals surface area contributed by atoms with Gasteiger partial charge in [-0.25, -0.2) is 4.84 Å². The zero-order valence-electron chi connectivity index (χ0n) is 18.1. The van der Waals surface area contributed by atoms with Crippen molar-refractivity contribution in [1.29, 1.82) is 0 Å². The van der Waals surface area contributed by atoms with Gasteiger partial charge >= 0.3 is 0 Å². The number of hydrogen-bond acceptors (Lipinski definition) is 1. The Hall–Kier alpha value is 0.540. The van der Waals surface area contributed by atoms with Gasteiger partial charge in [-0.3, -0.25) is 0 Å². The first kappa shape index (κ1) is 22.2. The van der Waals surface area contributed by atoms with Crippen molar-refractivity contribution in [3.63, 3.8) is 0 Å². The maximum atomic E-state index is 6.01. The maximum absolute atomic E-state index is 6.01. The van der Waals surface area contributed by atoms with Crippen LogP contribution >= 0.6 is 24.2 Å². The molecule has 0 aliphatic heterocycles. The van der Waals surface area contributed by atoms with Crippen LogP contribution in [0.3, 0.4) is 0 Å². The van der Waals surface area contributed by atoms with Gasteiger partial charge < -0.3 is 0 Å². The highest BCUT2D eigenvalue weighted by Gasteiger charge is 2.60. The van der Waals surface area contributed by atoms with Gasteiger partial charge in [-0.05, 0) is 116 Å². The van der Waals surface area contributed by atoms with E-state index in [2.05, 4.69) is 32.5 Å². The van der Waals surface area contributed by atoms with Crippen LogP contribution in [0.2, 0.25) is 0 Å². The van der Waals surface area contributed by atoms with E-state index < -0.39 is 0 Å². The third-order valence-corrected chi connectivity index (χ3v) is 10.6. The standard InChI is InChI=1S/C24H42ClN.ClH/c1-5-6-16(2)20-9-10-21-19-8-7-17-15-18(26-25)11-13-23(17,3)22(19)12-14-24(20,21)4;/h16-22,26H,5-15H2,1-4H3;1H/t16-,17?,18?,19?,20-,21?,22?,23+,24-;/m1./s1. The molecule has 0 aromatic heterocycles. The maximum Gasteiger partial charge on any atom is 0.0224 e. The predicted molar refractivity (Wildman–Crippen MR) is 119 cm³/mol. The topological polar surface area (TPSA) is 12.0 Å². The Morgan fingerprint density at radius 3 is 2.37 bits per heavy atom. The monoisotopic (exact) mass is 415 g/mol. The van der Waals surface area contributed by atoms with E-state index in [0.717, 1.165) is 35.5 Å². The molecule has 1 nitrogen and oxygen atoms in total. The fraction of sp³-hybridized carbons (Fsp3) is 1.00. The molecule has 27 heavy (non-hydrogen) atoms. The summed E-state index contributed by atoms with van der Waals surface area (Å²) in [5.74, 6) is 5.88. The Labute approximate surface area is 179 Å². The summed E-state index contributed by atoms with van der Waals surface area (Å²) in [4.78, 5) is 3.07. The van der Waals surface area contributed by atoms with E-state index in [4.69, 9.17) is 11.8 Å². The molecule has 4 aliphatic carbocycles. The number of halogens is 2. The minimum absolute atomic E-state index is 0. The Kier molecular flexibility index (Phi) is 6.87. The van der Waals surface area contributed by atoms with E-state index in [1.807, 2.05) is 0 Å². The summed E-state index contributed by atoms with van der Waals surface area (Å²) >= 11 is 6.01. The predicted octanol–water partition coefficient (Wildman–Crippen LogP) is 7.62. The molecule has 5 unspecified atom stereocenters. The number of rotatable bonds is 4. The SMILES string of the molecule is CCC[C@@H](C)[C@H]1CCC2C3CCC4CC(NCl)CC[C@]4(C)C3CC[C@@]21C.Cl. The van der Waals surface area contributed by atoms with E-state index in [-0.39, 0.29) is 12.4 Å². The smallest absolute Gasteiger partial charge is 0.0224 e. The molecular weight excluding hydrogens is 373 g/mol. The third-order valence-electron chi connectivity index (χ3n) is 10.3. The summed E-state index contributed by atoms with van der Waals surface area (Å²) < 4.78 is 0. The molecule has 4 aliphatic rings. The molecule has 0 aromatic carbocycles. The van der Waals surface area contributed by atoms with Gasteiger partial charge in [0.2, 0.25) is 0 Å². The van der Waals surface area contributed by atoms with Crippen LogP contribution in [0.25, 0.3) is 0 Å². The highest BCUT2D eigenvalue weighted by atomic mass is 35.5. The van der Waals surface area contributed by atoms with Gasteiger partial charge in [0.25, 0.3) is 0 Å². The van der Waals surface area contributed by atoms with Crippen molar-refractivity contribution >= 4 is 24.2 Å². The van der Waals surface area contributed by atoms with E-state index in [9.17, 15) is 0 Å². The Balaban J connectivity index is 0.00000210. The molecule has 0 heterocycles. The van der Waals surface area contributed by atoms with Crippen molar-refractivity contribution in [3.05, 3.63) is 0 Å². The van der Waals surface area contributed by atoms with Crippen LogP contribution < -0.4 is 4.84 Å². The lowest BCUT2D eigenvalue weighted by atomic mass is 9.44. The minimum atomic E-state index is 0. The summed E-state index contributed by atoms with van der Waals surface area (Å²) in [5, 5.41) is 0. The average Bonchev–Trinajstić information content (AvgIpc) is 2.98. The molecule has 4 rings (SSSR count). The third kappa shape index (κ3) is 3.50. The highest BCUT2D eigenvalue weighted by molar-refractivity contribution is 6.13. The van der Waals surface area contributed by atoms with Gasteiger partial charge in [-0.2, -0.15) is 0 Å². The molecule has 0 radical (unpaired) electrons. The van der Waals surface area contributed by atoms with Crippen molar-refractivity contribution in [2.75, 3.05) is 0 Å². The van der Waals surface area contributed by atoms with E-state index in [1.165, 1.54) is 70.6 Å². The van der Waals surface area contributed by atoms with Crippen LogP contribution in [-0.2, 0) is 0 Å². The summed E-state index contributed by atoms with van der Waals surface area (Å²) in [6, 6.07) is 0.561. The van der Waals surface area contributed by atoms with Crippen LogP contribution in [0.15, 0.2) is 0 Å². The first-order chi connectivity index (χ1) is 12.4. The molecule has 0 saturated heterocycles. The summed E-state index contributed by atoms with van der Waals surface area (Å²) in [7, 11) is 0.